The van der Waals surface area contributed by atoms with Crippen molar-refractivity contribution in [3.63, 3.8) is 0 Å². The molecular formula is C7H14OSi. The molecule has 0 aliphatic rings. The predicted molar refractivity (Wildman–Crippen MR) is 42.6 cm³/mol. The summed E-state index contributed by atoms with van der Waals surface area (Å²) in [7, 11) is -1.67. The first-order valence-electron chi connectivity index (χ1n) is 3.24. The van der Waals surface area contributed by atoms with Gasteiger partial charge in [-0.05, 0) is 19.5 Å². The van der Waals surface area contributed by atoms with Crippen LogP contribution in [-0.2, 0) is 4.43 Å². The summed E-state index contributed by atoms with van der Waals surface area (Å²) < 4.78 is 5.43. The zero-order chi connectivity index (χ0) is 7.33. The van der Waals surface area contributed by atoms with Gasteiger partial charge in [0.15, 0.2) is 0 Å². The first-order chi connectivity index (χ1) is 4.12. The molecule has 9 heavy (non-hydrogen) atoms. The fraction of sp³-hybridized carbons (Fsp3) is 0.714. The van der Waals surface area contributed by atoms with E-state index in [2.05, 4.69) is 12.5 Å². The Morgan fingerprint density at radius 2 is 2.11 bits per heavy atom. The highest BCUT2D eigenvalue weighted by molar-refractivity contribution is 6.79. The lowest BCUT2D eigenvalue weighted by atomic mass is 10.5. The van der Waals surface area contributed by atoms with E-state index in [1.165, 1.54) is 0 Å². The zero-order valence-corrected chi connectivity index (χ0v) is 7.40. The maximum atomic E-state index is 5.43. The van der Waals surface area contributed by atoms with E-state index >= 15 is 0 Å². The average Bonchev–Trinajstić information content (AvgIpc) is 1.84. The van der Waals surface area contributed by atoms with Gasteiger partial charge in [0, 0.05) is 6.61 Å². The van der Waals surface area contributed by atoms with Crippen molar-refractivity contribution in [2.75, 3.05) is 6.61 Å². The van der Waals surface area contributed by atoms with Gasteiger partial charge in [0.2, 0.25) is 0 Å². The monoisotopic (exact) mass is 142 g/mol. The van der Waals surface area contributed by atoms with E-state index in [1.54, 1.807) is 0 Å². The second-order valence-corrected chi connectivity index (χ2v) is 6.10. The molecule has 52 valence electrons. The highest BCUT2D eigenvalue weighted by Gasteiger charge is 2.17. The summed E-state index contributed by atoms with van der Waals surface area (Å²) in [5.74, 6) is 0. The molecule has 0 saturated carbocycles. The van der Waals surface area contributed by atoms with Crippen LogP contribution in [0.2, 0.25) is 13.1 Å². The van der Waals surface area contributed by atoms with Gasteiger partial charge in [0.25, 0.3) is 8.32 Å². The Labute approximate surface area is 58.5 Å². The summed E-state index contributed by atoms with van der Waals surface area (Å²) in [6.45, 7) is 6.95. The van der Waals surface area contributed by atoms with Gasteiger partial charge in [0.1, 0.15) is 0 Å². The largest absolute Gasteiger partial charge is 0.406 e. The van der Waals surface area contributed by atoms with E-state index in [0.717, 1.165) is 13.0 Å². The summed E-state index contributed by atoms with van der Waals surface area (Å²) in [6, 6.07) is 0. The smallest absolute Gasteiger partial charge is 0.265 e. The van der Waals surface area contributed by atoms with E-state index < -0.39 is 8.32 Å². The minimum Gasteiger partial charge on any atom is -0.406 e. The average molecular weight is 142 g/mol. The maximum Gasteiger partial charge on any atom is 0.265 e. The normalized spacial score (nSPS) is 10.9. The summed E-state index contributed by atoms with van der Waals surface area (Å²) in [5.41, 5.74) is 2.69. The molecule has 0 bridgehead atoms. The fourth-order valence-electron chi connectivity index (χ4n) is 0.399. The van der Waals surface area contributed by atoms with E-state index in [0.29, 0.717) is 0 Å². The molecular weight excluding hydrogens is 128 g/mol. The van der Waals surface area contributed by atoms with Crippen molar-refractivity contribution in [1.82, 2.24) is 0 Å². The Balaban J connectivity index is 3.49. The highest BCUT2D eigenvalue weighted by Crippen LogP contribution is 2.01. The standard InChI is InChI=1S/C7H14OSi/c1-5-7-8-9(3,4)6-2/h2H,5,7H2,1,3-4H3. The Bertz CT molecular complexity index is 113. The molecule has 0 heterocycles. The zero-order valence-electron chi connectivity index (χ0n) is 6.40. The minimum atomic E-state index is -1.67. The van der Waals surface area contributed by atoms with Crippen molar-refractivity contribution in [3.05, 3.63) is 0 Å². The first kappa shape index (κ1) is 8.74. The fourth-order valence-corrected chi connectivity index (χ4v) is 1.20. The first-order valence-corrected chi connectivity index (χ1v) is 6.15. The van der Waals surface area contributed by atoms with Gasteiger partial charge >= 0.3 is 0 Å². The van der Waals surface area contributed by atoms with Crippen LogP contribution in [0, 0.1) is 12.0 Å². The molecule has 0 atom stereocenters. The second-order valence-electron chi connectivity index (χ2n) is 2.50. The summed E-state index contributed by atoms with van der Waals surface area (Å²) in [4.78, 5) is 0. The van der Waals surface area contributed by atoms with Gasteiger partial charge in [-0.3, -0.25) is 0 Å². The van der Waals surface area contributed by atoms with Crippen LogP contribution in [0.3, 0.4) is 0 Å². The quantitative estimate of drug-likeness (QED) is 0.431. The van der Waals surface area contributed by atoms with E-state index in [1.807, 2.05) is 13.1 Å². The predicted octanol–water partition coefficient (Wildman–Crippen LogP) is 1.79. The third-order valence-electron chi connectivity index (χ3n) is 1.01. The Hall–Kier alpha value is -0.263. The van der Waals surface area contributed by atoms with Crippen LogP contribution in [0.4, 0.5) is 0 Å². The third-order valence-corrected chi connectivity index (χ3v) is 2.64. The summed E-state index contributed by atoms with van der Waals surface area (Å²) in [6.07, 6.45) is 6.29. The summed E-state index contributed by atoms with van der Waals surface area (Å²) in [5, 5.41) is 0. The lowest BCUT2D eigenvalue weighted by Crippen LogP contribution is -2.28. The third kappa shape index (κ3) is 4.25. The van der Waals surface area contributed by atoms with Crippen molar-refractivity contribution < 1.29 is 4.43 Å². The Kier molecular flexibility index (Phi) is 3.60. The molecule has 0 fully saturated rings. The minimum absolute atomic E-state index is 0.809. The van der Waals surface area contributed by atoms with Gasteiger partial charge in [-0.15, -0.1) is 12.0 Å². The van der Waals surface area contributed by atoms with Crippen molar-refractivity contribution in [3.8, 4) is 12.0 Å². The van der Waals surface area contributed by atoms with Crippen LogP contribution >= 0.6 is 0 Å². The molecule has 1 nitrogen and oxygen atoms in total. The topological polar surface area (TPSA) is 9.23 Å². The van der Waals surface area contributed by atoms with Crippen LogP contribution in [-0.4, -0.2) is 14.9 Å². The van der Waals surface area contributed by atoms with Gasteiger partial charge in [-0.2, -0.15) is 0 Å². The van der Waals surface area contributed by atoms with Crippen molar-refractivity contribution in [1.29, 1.82) is 0 Å². The number of rotatable bonds is 3. The molecule has 0 N–H and O–H groups in total. The lowest BCUT2D eigenvalue weighted by molar-refractivity contribution is 0.316. The number of terminal acetylenes is 1. The molecule has 0 aromatic heterocycles. The Morgan fingerprint density at radius 1 is 1.56 bits per heavy atom. The molecule has 0 aliphatic heterocycles. The van der Waals surface area contributed by atoms with Crippen molar-refractivity contribution in [2.45, 2.75) is 26.4 Å². The highest BCUT2D eigenvalue weighted by atomic mass is 28.4. The maximum absolute atomic E-state index is 5.43. The van der Waals surface area contributed by atoms with Gasteiger partial charge in [-0.25, -0.2) is 0 Å². The van der Waals surface area contributed by atoms with Crippen LogP contribution in [0.5, 0.6) is 0 Å². The molecule has 0 rings (SSSR count). The van der Waals surface area contributed by atoms with Gasteiger partial charge in [0.05, 0.1) is 0 Å². The van der Waals surface area contributed by atoms with Crippen LogP contribution in [0.15, 0.2) is 0 Å². The molecule has 0 radical (unpaired) electrons. The van der Waals surface area contributed by atoms with E-state index in [9.17, 15) is 0 Å². The number of hydrogen-bond donors (Lipinski definition) is 0. The summed E-state index contributed by atoms with van der Waals surface area (Å²) >= 11 is 0. The Morgan fingerprint density at radius 3 is 2.44 bits per heavy atom. The molecule has 0 aliphatic carbocycles. The molecule has 0 spiro atoms. The SMILES string of the molecule is C#C[Si](C)(C)OCCC. The molecule has 2 heteroatoms. The molecule has 0 saturated heterocycles. The van der Waals surface area contributed by atoms with Gasteiger partial charge < -0.3 is 4.43 Å². The molecule has 0 amide bonds. The van der Waals surface area contributed by atoms with Crippen molar-refractivity contribution >= 4 is 8.32 Å². The van der Waals surface area contributed by atoms with Crippen LogP contribution < -0.4 is 0 Å². The van der Waals surface area contributed by atoms with Gasteiger partial charge in [-0.1, -0.05) is 6.92 Å². The molecule has 0 aromatic carbocycles. The molecule has 0 aromatic rings. The second kappa shape index (κ2) is 3.70. The van der Waals surface area contributed by atoms with E-state index in [4.69, 9.17) is 10.8 Å². The van der Waals surface area contributed by atoms with Crippen molar-refractivity contribution in [2.24, 2.45) is 0 Å². The number of hydrogen-bond acceptors (Lipinski definition) is 1. The van der Waals surface area contributed by atoms with E-state index in [-0.39, 0.29) is 0 Å². The molecule has 0 unspecified atom stereocenters. The van der Waals surface area contributed by atoms with Crippen LogP contribution in [0.1, 0.15) is 13.3 Å². The van der Waals surface area contributed by atoms with Crippen LogP contribution in [0.25, 0.3) is 0 Å². The lowest BCUT2D eigenvalue weighted by Gasteiger charge is -2.14.